The second-order valence-corrected chi connectivity index (χ2v) is 6.69. The first-order valence-corrected chi connectivity index (χ1v) is 8.57. The van der Waals surface area contributed by atoms with Crippen LogP contribution in [0.1, 0.15) is 23.1 Å². The summed E-state index contributed by atoms with van der Waals surface area (Å²) in [6.45, 7) is 4.40. The fraction of sp³-hybridized carbons (Fsp3) is 0.294. The van der Waals surface area contributed by atoms with E-state index in [-0.39, 0.29) is 4.90 Å². The molecule has 1 heterocycles. The van der Waals surface area contributed by atoms with Gasteiger partial charge in [-0.25, -0.2) is 0 Å². The lowest BCUT2D eigenvalue weighted by Crippen LogP contribution is -2.07. The van der Waals surface area contributed by atoms with Crippen LogP contribution >= 0.6 is 0 Å². The molecule has 0 aromatic heterocycles. The van der Waals surface area contributed by atoms with Gasteiger partial charge in [0.2, 0.25) is 0 Å². The van der Waals surface area contributed by atoms with Crippen LogP contribution in [0.4, 0.5) is 0 Å². The van der Waals surface area contributed by atoms with Crippen LogP contribution in [0, 0.1) is 13.8 Å². The summed E-state index contributed by atoms with van der Waals surface area (Å²) in [5.41, 5.74) is 2.89. The topological polar surface area (TPSA) is 63.6 Å². The number of aryl methyl sites for hydroxylation is 3. The van der Waals surface area contributed by atoms with Crippen molar-refractivity contribution >= 4 is 10.1 Å². The van der Waals surface area contributed by atoms with Gasteiger partial charge in [0.1, 0.15) is 5.75 Å². The van der Waals surface area contributed by atoms with Gasteiger partial charge in [0.15, 0.2) is 0 Å². The quantitative estimate of drug-likeness (QED) is 0.816. The summed E-state index contributed by atoms with van der Waals surface area (Å²) in [6.07, 6.45) is 2.34. The number of para-hydroxylation sites is 1. The highest BCUT2D eigenvalue weighted by Crippen LogP contribution is 2.23. The van der Waals surface area contributed by atoms with Gasteiger partial charge in [-0.15, -0.1) is 0 Å². The van der Waals surface area contributed by atoms with E-state index < -0.39 is 10.1 Å². The number of hydrogen-bond donors (Lipinski definition) is 1. The molecule has 1 aliphatic rings. The Kier molecular flexibility index (Phi) is 5.21. The molecule has 0 spiro atoms. The molecule has 5 heteroatoms. The zero-order chi connectivity index (χ0) is 16.2. The second-order valence-electron chi connectivity index (χ2n) is 5.30. The number of fused-ring (bicyclic) bond motifs is 1. The van der Waals surface area contributed by atoms with Gasteiger partial charge in [0.05, 0.1) is 11.5 Å². The standard InChI is InChI=1S/C9H10O.C8H10O3S/c1-2-6-9-8(4-1)5-3-7-10-9;1-6-3-4-8(7(2)5-6)12(9,10)11/h1-2,4,6H,3,5,7H2;3-5H,1-2H3,(H,9,10,11). The highest BCUT2D eigenvalue weighted by Gasteiger charge is 2.11. The molecule has 0 bridgehead atoms. The van der Waals surface area contributed by atoms with Crippen molar-refractivity contribution < 1.29 is 17.7 Å². The molecule has 0 unspecified atom stereocenters. The third-order valence-electron chi connectivity index (χ3n) is 3.43. The Morgan fingerprint density at radius 2 is 1.82 bits per heavy atom. The summed E-state index contributed by atoms with van der Waals surface area (Å²) in [7, 11) is -4.05. The Labute approximate surface area is 131 Å². The molecule has 118 valence electrons. The van der Waals surface area contributed by atoms with Crippen LogP contribution in [0.15, 0.2) is 47.4 Å². The van der Waals surface area contributed by atoms with Crippen molar-refractivity contribution in [3.05, 3.63) is 59.2 Å². The first-order valence-electron chi connectivity index (χ1n) is 7.13. The summed E-state index contributed by atoms with van der Waals surface area (Å²) in [5, 5.41) is 0. The van der Waals surface area contributed by atoms with Crippen LogP contribution in [-0.4, -0.2) is 19.6 Å². The zero-order valence-corrected chi connectivity index (χ0v) is 13.6. The molecule has 2 aromatic rings. The lowest BCUT2D eigenvalue weighted by atomic mass is 10.1. The maximum absolute atomic E-state index is 10.7. The van der Waals surface area contributed by atoms with Gasteiger partial charge < -0.3 is 4.74 Å². The molecule has 0 radical (unpaired) electrons. The molecule has 4 nitrogen and oxygen atoms in total. The Balaban J connectivity index is 0.000000162. The van der Waals surface area contributed by atoms with Gasteiger partial charge in [-0.1, -0.05) is 35.9 Å². The fourth-order valence-corrected chi connectivity index (χ4v) is 3.09. The van der Waals surface area contributed by atoms with Crippen LogP contribution < -0.4 is 4.74 Å². The van der Waals surface area contributed by atoms with Crippen LogP contribution in [0.5, 0.6) is 5.75 Å². The van der Waals surface area contributed by atoms with Gasteiger partial charge >= 0.3 is 0 Å². The molecule has 0 amide bonds. The molecule has 0 saturated heterocycles. The van der Waals surface area contributed by atoms with E-state index >= 15 is 0 Å². The molecule has 1 aliphatic heterocycles. The van der Waals surface area contributed by atoms with Crippen LogP contribution in [0.25, 0.3) is 0 Å². The summed E-state index contributed by atoms with van der Waals surface area (Å²) in [6, 6.07) is 13.0. The maximum Gasteiger partial charge on any atom is 0.294 e. The minimum absolute atomic E-state index is 0.0203. The molecule has 0 atom stereocenters. The third-order valence-corrected chi connectivity index (χ3v) is 4.44. The Morgan fingerprint density at radius 1 is 1.09 bits per heavy atom. The van der Waals surface area contributed by atoms with Crippen molar-refractivity contribution in [2.45, 2.75) is 31.6 Å². The van der Waals surface area contributed by atoms with Crippen molar-refractivity contribution in [3.8, 4) is 5.75 Å². The minimum atomic E-state index is -4.05. The van der Waals surface area contributed by atoms with Crippen molar-refractivity contribution in [1.29, 1.82) is 0 Å². The number of hydrogen-bond acceptors (Lipinski definition) is 3. The Morgan fingerprint density at radius 3 is 2.45 bits per heavy atom. The molecule has 2 aromatic carbocycles. The first-order chi connectivity index (χ1) is 10.4. The van der Waals surface area contributed by atoms with Crippen molar-refractivity contribution in [1.82, 2.24) is 0 Å². The summed E-state index contributed by atoms with van der Waals surface area (Å²) in [4.78, 5) is -0.0203. The first kappa shape index (κ1) is 16.5. The van der Waals surface area contributed by atoms with Crippen LogP contribution in [0.3, 0.4) is 0 Å². The molecule has 0 fully saturated rings. The predicted octanol–water partition coefficient (Wildman–Crippen LogP) is 3.56. The van der Waals surface area contributed by atoms with E-state index in [4.69, 9.17) is 9.29 Å². The second kappa shape index (κ2) is 6.94. The minimum Gasteiger partial charge on any atom is -0.493 e. The molecule has 3 rings (SSSR count). The average molecular weight is 320 g/mol. The van der Waals surface area contributed by atoms with Gasteiger partial charge in [0, 0.05) is 0 Å². The van der Waals surface area contributed by atoms with Crippen molar-refractivity contribution in [3.63, 3.8) is 0 Å². The number of rotatable bonds is 1. The number of benzene rings is 2. The molecule has 22 heavy (non-hydrogen) atoms. The largest absolute Gasteiger partial charge is 0.493 e. The zero-order valence-electron chi connectivity index (χ0n) is 12.7. The lowest BCUT2D eigenvalue weighted by molar-refractivity contribution is 0.288. The highest BCUT2D eigenvalue weighted by molar-refractivity contribution is 7.85. The summed E-state index contributed by atoms with van der Waals surface area (Å²) in [5.74, 6) is 1.08. The van der Waals surface area contributed by atoms with Crippen molar-refractivity contribution in [2.24, 2.45) is 0 Å². The molecule has 0 saturated carbocycles. The van der Waals surface area contributed by atoms with E-state index in [1.807, 2.05) is 19.1 Å². The summed E-state index contributed by atoms with van der Waals surface area (Å²) >= 11 is 0. The fourth-order valence-electron chi connectivity index (χ4n) is 2.38. The average Bonchev–Trinajstić information content (AvgIpc) is 2.46. The maximum atomic E-state index is 10.7. The van der Waals surface area contributed by atoms with Gasteiger partial charge in [-0.3, -0.25) is 4.55 Å². The molecular weight excluding hydrogens is 300 g/mol. The van der Waals surface area contributed by atoms with Gasteiger partial charge in [-0.05, 0) is 49.9 Å². The van der Waals surface area contributed by atoms with Gasteiger partial charge in [-0.2, -0.15) is 8.42 Å². The monoisotopic (exact) mass is 320 g/mol. The van der Waals surface area contributed by atoms with Crippen LogP contribution in [-0.2, 0) is 16.5 Å². The van der Waals surface area contributed by atoms with Crippen molar-refractivity contribution in [2.75, 3.05) is 6.61 Å². The molecular formula is C17H20O4S. The van der Waals surface area contributed by atoms with E-state index in [0.717, 1.165) is 24.3 Å². The number of ether oxygens (including phenoxy) is 1. The normalized spacial score (nSPS) is 13.4. The predicted molar refractivity (Wildman–Crippen MR) is 86.0 cm³/mol. The van der Waals surface area contributed by atoms with E-state index in [1.165, 1.54) is 18.1 Å². The van der Waals surface area contributed by atoms with E-state index in [1.54, 1.807) is 19.1 Å². The molecule has 1 N–H and O–H groups in total. The van der Waals surface area contributed by atoms with Gasteiger partial charge in [0.25, 0.3) is 10.1 Å². The summed E-state index contributed by atoms with van der Waals surface area (Å²) < 4.78 is 35.6. The lowest BCUT2D eigenvalue weighted by Gasteiger charge is -2.15. The van der Waals surface area contributed by atoms with E-state index in [9.17, 15) is 8.42 Å². The van der Waals surface area contributed by atoms with E-state index in [2.05, 4.69) is 12.1 Å². The highest BCUT2D eigenvalue weighted by atomic mass is 32.2. The third kappa shape index (κ3) is 4.32. The Bertz CT molecular complexity index is 726. The molecule has 0 aliphatic carbocycles. The van der Waals surface area contributed by atoms with E-state index in [0.29, 0.717) is 5.56 Å². The SMILES string of the molecule is Cc1ccc(S(=O)(=O)O)c(C)c1.c1ccc2c(c1)CCCO2. The smallest absolute Gasteiger partial charge is 0.294 e. The Hall–Kier alpha value is -1.85. The van der Waals surface area contributed by atoms with Crippen LogP contribution in [0.2, 0.25) is 0 Å².